The molecule has 2 aromatic rings. The molecule has 2 heteroatoms. The third-order valence-corrected chi connectivity index (χ3v) is 3.73. The molecule has 1 nitrogen and oxygen atoms in total. The first-order valence-corrected chi connectivity index (χ1v) is 7.68. The van der Waals surface area contributed by atoms with Crippen LogP contribution in [0.1, 0.15) is 23.6 Å². The summed E-state index contributed by atoms with van der Waals surface area (Å²) in [6.45, 7) is 6.22. The van der Waals surface area contributed by atoms with E-state index < -0.39 is 0 Å². The molecule has 112 valence electrons. The molecule has 2 rings (SSSR count). The standard InChI is InChI=1S/C19H24FN/c1-3-21-14-18(12-16-7-9-19(20)10-8-16)13-17-6-4-5-15(2)11-17/h4-11,18,21H,3,12-14H2,1-2H3. The lowest BCUT2D eigenvalue weighted by molar-refractivity contribution is 0.478. The highest BCUT2D eigenvalue weighted by Gasteiger charge is 2.11. The van der Waals surface area contributed by atoms with Gasteiger partial charge in [-0.3, -0.25) is 0 Å². The van der Waals surface area contributed by atoms with Gasteiger partial charge in [0.25, 0.3) is 0 Å². The minimum Gasteiger partial charge on any atom is -0.317 e. The van der Waals surface area contributed by atoms with Gasteiger partial charge in [0.2, 0.25) is 0 Å². The summed E-state index contributed by atoms with van der Waals surface area (Å²) in [7, 11) is 0. The van der Waals surface area contributed by atoms with Gasteiger partial charge < -0.3 is 5.32 Å². The van der Waals surface area contributed by atoms with Crippen molar-refractivity contribution in [3.63, 3.8) is 0 Å². The fourth-order valence-corrected chi connectivity index (χ4v) is 2.69. The molecule has 0 bridgehead atoms. The summed E-state index contributed by atoms with van der Waals surface area (Å²) in [5.41, 5.74) is 3.88. The molecule has 0 aliphatic rings. The van der Waals surface area contributed by atoms with E-state index in [1.165, 1.54) is 16.7 Å². The molecule has 0 aliphatic heterocycles. The minimum absolute atomic E-state index is 0.166. The molecule has 0 fully saturated rings. The van der Waals surface area contributed by atoms with Crippen LogP contribution in [0.15, 0.2) is 48.5 Å². The van der Waals surface area contributed by atoms with Gasteiger partial charge in [0, 0.05) is 0 Å². The average Bonchev–Trinajstić information content (AvgIpc) is 2.47. The lowest BCUT2D eigenvalue weighted by Crippen LogP contribution is -2.25. The van der Waals surface area contributed by atoms with E-state index in [-0.39, 0.29) is 5.82 Å². The van der Waals surface area contributed by atoms with Crippen LogP contribution < -0.4 is 5.32 Å². The Morgan fingerprint density at radius 3 is 2.38 bits per heavy atom. The molecular weight excluding hydrogens is 261 g/mol. The molecule has 1 N–H and O–H groups in total. The Bertz CT molecular complexity index is 548. The Labute approximate surface area is 127 Å². The number of hydrogen-bond acceptors (Lipinski definition) is 1. The quantitative estimate of drug-likeness (QED) is 0.806. The van der Waals surface area contributed by atoms with E-state index in [1.54, 1.807) is 12.1 Å². The van der Waals surface area contributed by atoms with Gasteiger partial charge in [0.15, 0.2) is 0 Å². The molecule has 0 aromatic heterocycles. The predicted octanol–water partition coefficient (Wildman–Crippen LogP) is 4.15. The second-order valence-corrected chi connectivity index (χ2v) is 5.70. The highest BCUT2D eigenvalue weighted by atomic mass is 19.1. The van der Waals surface area contributed by atoms with Crippen LogP contribution in [0.25, 0.3) is 0 Å². The van der Waals surface area contributed by atoms with Gasteiger partial charge >= 0.3 is 0 Å². The second kappa shape index (κ2) is 7.94. The van der Waals surface area contributed by atoms with Gasteiger partial charge in [0.1, 0.15) is 5.82 Å². The summed E-state index contributed by atoms with van der Waals surface area (Å²) in [6.07, 6.45) is 2.02. The zero-order valence-corrected chi connectivity index (χ0v) is 12.9. The van der Waals surface area contributed by atoms with Crippen LogP contribution >= 0.6 is 0 Å². The van der Waals surface area contributed by atoms with Crippen molar-refractivity contribution in [1.82, 2.24) is 5.32 Å². The number of hydrogen-bond donors (Lipinski definition) is 1. The molecule has 0 heterocycles. The maximum absolute atomic E-state index is 13.0. The van der Waals surface area contributed by atoms with Crippen molar-refractivity contribution in [2.45, 2.75) is 26.7 Å². The molecule has 0 radical (unpaired) electrons. The molecule has 1 unspecified atom stereocenters. The lowest BCUT2D eigenvalue weighted by Gasteiger charge is -2.18. The van der Waals surface area contributed by atoms with Gasteiger partial charge in [-0.1, -0.05) is 48.9 Å². The average molecular weight is 285 g/mol. The first-order valence-electron chi connectivity index (χ1n) is 7.68. The Morgan fingerprint density at radius 1 is 1.00 bits per heavy atom. The van der Waals surface area contributed by atoms with Gasteiger partial charge in [0.05, 0.1) is 0 Å². The number of benzene rings is 2. The van der Waals surface area contributed by atoms with Gasteiger partial charge in [-0.15, -0.1) is 0 Å². The highest BCUT2D eigenvalue weighted by Crippen LogP contribution is 2.16. The van der Waals surface area contributed by atoms with Gasteiger partial charge in [-0.2, -0.15) is 0 Å². The number of aryl methyl sites for hydroxylation is 1. The molecule has 0 spiro atoms. The minimum atomic E-state index is -0.166. The summed E-state index contributed by atoms with van der Waals surface area (Å²) >= 11 is 0. The fraction of sp³-hybridized carbons (Fsp3) is 0.368. The maximum Gasteiger partial charge on any atom is 0.123 e. The van der Waals surface area contributed by atoms with Crippen LogP contribution in [0.3, 0.4) is 0 Å². The summed E-state index contributed by atoms with van der Waals surface area (Å²) in [5.74, 6) is 0.359. The van der Waals surface area contributed by atoms with Crippen LogP contribution in [0.5, 0.6) is 0 Å². The van der Waals surface area contributed by atoms with Crippen molar-refractivity contribution in [3.05, 3.63) is 71.0 Å². The summed E-state index contributed by atoms with van der Waals surface area (Å²) < 4.78 is 13.0. The van der Waals surface area contributed by atoms with E-state index >= 15 is 0 Å². The van der Waals surface area contributed by atoms with Crippen LogP contribution in [0, 0.1) is 18.7 Å². The SMILES string of the molecule is CCNCC(Cc1ccc(F)cc1)Cc1cccc(C)c1. The van der Waals surface area contributed by atoms with E-state index in [9.17, 15) is 4.39 Å². The second-order valence-electron chi connectivity index (χ2n) is 5.70. The lowest BCUT2D eigenvalue weighted by atomic mass is 9.92. The summed E-state index contributed by atoms with van der Waals surface area (Å²) in [4.78, 5) is 0. The van der Waals surface area contributed by atoms with E-state index in [0.29, 0.717) is 5.92 Å². The Balaban J connectivity index is 2.04. The summed E-state index contributed by atoms with van der Waals surface area (Å²) in [6, 6.07) is 15.6. The Morgan fingerprint density at radius 2 is 1.71 bits per heavy atom. The molecular formula is C19H24FN. The van der Waals surface area contributed by atoms with Gasteiger partial charge in [-0.05, 0) is 62.0 Å². The summed E-state index contributed by atoms with van der Waals surface area (Å²) in [5, 5.41) is 3.44. The third-order valence-electron chi connectivity index (χ3n) is 3.73. The van der Waals surface area contributed by atoms with E-state index in [0.717, 1.165) is 25.9 Å². The highest BCUT2D eigenvalue weighted by molar-refractivity contribution is 5.23. The maximum atomic E-state index is 13.0. The molecule has 0 aliphatic carbocycles. The zero-order chi connectivity index (χ0) is 15.1. The van der Waals surface area contributed by atoms with E-state index in [1.807, 2.05) is 12.1 Å². The molecule has 1 atom stereocenters. The van der Waals surface area contributed by atoms with Crippen molar-refractivity contribution < 1.29 is 4.39 Å². The van der Waals surface area contributed by atoms with E-state index in [2.05, 4.69) is 43.4 Å². The topological polar surface area (TPSA) is 12.0 Å². The van der Waals surface area contributed by atoms with Crippen molar-refractivity contribution in [2.24, 2.45) is 5.92 Å². The van der Waals surface area contributed by atoms with Crippen molar-refractivity contribution >= 4 is 0 Å². The molecule has 0 amide bonds. The smallest absolute Gasteiger partial charge is 0.123 e. The molecule has 21 heavy (non-hydrogen) atoms. The van der Waals surface area contributed by atoms with Crippen LogP contribution in [-0.2, 0) is 12.8 Å². The first kappa shape index (κ1) is 15.7. The monoisotopic (exact) mass is 285 g/mol. The number of nitrogens with one attached hydrogen (secondary N) is 1. The van der Waals surface area contributed by atoms with Crippen LogP contribution in [-0.4, -0.2) is 13.1 Å². The van der Waals surface area contributed by atoms with Crippen molar-refractivity contribution in [3.8, 4) is 0 Å². The molecule has 0 saturated heterocycles. The van der Waals surface area contributed by atoms with Crippen LogP contribution in [0.4, 0.5) is 4.39 Å². The Kier molecular flexibility index (Phi) is 5.94. The molecule has 2 aromatic carbocycles. The zero-order valence-electron chi connectivity index (χ0n) is 12.9. The Hall–Kier alpha value is -1.67. The van der Waals surface area contributed by atoms with Gasteiger partial charge in [-0.25, -0.2) is 4.39 Å². The predicted molar refractivity (Wildman–Crippen MR) is 87.0 cm³/mol. The number of halogens is 1. The first-order chi connectivity index (χ1) is 10.2. The fourth-order valence-electron chi connectivity index (χ4n) is 2.69. The third kappa shape index (κ3) is 5.31. The normalized spacial score (nSPS) is 12.3. The van der Waals surface area contributed by atoms with Crippen molar-refractivity contribution in [1.29, 1.82) is 0 Å². The largest absolute Gasteiger partial charge is 0.317 e. The van der Waals surface area contributed by atoms with E-state index in [4.69, 9.17) is 0 Å². The molecule has 0 saturated carbocycles. The van der Waals surface area contributed by atoms with Crippen LogP contribution in [0.2, 0.25) is 0 Å². The number of rotatable bonds is 7. The van der Waals surface area contributed by atoms with Crippen molar-refractivity contribution in [2.75, 3.05) is 13.1 Å².